The highest BCUT2D eigenvalue weighted by Gasteiger charge is 2.22. The van der Waals surface area contributed by atoms with Crippen LogP contribution in [0.5, 0.6) is 0 Å². The molecule has 7 heteroatoms. The summed E-state index contributed by atoms with van der Waals surface area (Å²) in [6.45, 7) is 4.58. The lowest BCUT2D eigenvalue weighted by molar-refractivity contribution is 0.420. The number of nitrogens with one attached hydrogen (secondary N) is 1. The zero-order valence-electron chi connectivity index (χ0n) is 13.0. The predicted octanol–water partition coefficient (Wildman–Crippen LogP) is 1.30. The normalized spacial score (nSPS) is 18.6. The SMILES string of the molecule is Cc1ncc(CN[C@@H]2CCCN(c3nccn(C)c3=O)C2)s1. The first-order chi connectivity index (χ1) is 10.6. The van der Waals surface area contributed by atoms with Gasteiger partial charge < -0.3 is 14.8 Å². The molecule has 0 aliphatic carbocycles. The lowest BCUT2D eigenvalue weighted by atomic mass is 10.1. The number of aryl methyl sites for hydroxylation is 2. The quantitative estimate of drug-likeness (QED) is 0.920. The average molecular weight is 319 g/mol. The van der Waals surface area contributed by atoms with Crippen molar-refractivity contribution in [2.24, 2.45) is 7.05 Å². The highest BCUT2D eigenvalue weighted by atomic mass is 32.1. The summed E-state index contributed by atoms with van der Waals surface area (Å²) in [5.74, 6) is 0.560. The molecule has 0 spiro atoms. The van der Waals surface area contributed by atoms with Gasteiger partial charge in [-0.25, -0.2) is 9.97 Å². The lowest BCUT2D eigenvalue weighted by Crippen LogP contribution is -2.47. The number of hydrogen-bond donors (Lipinski definition) is 1. The summed E-state index contributed by atoms with van der Waals surface area (Å²) in [6.07, 6.45) is 7.51. The Morgan fingerprint density at radius 2 is 2.32 bits per heavy atom. The maximum Gasteiger partial charge on any atom is 0.293 e. The highest BCUT2D eigenvalue weighted by molar-refractivity contribution is 7.11. The largest absolute Gasteiger partial charge is 0.350 e. The Morgan fingerprint density at radius 1 is 1.45 bits per heavy atom. The number of anilines is 1. The van der Waals surface area contributed by atoms with Crippen molar-refractivity contribution in [1.82, 2.24) is 19.9 Å². The second-order valence-corrected chi connectivity index (χ2v) is 7.00. The Hall–Kier alpha value is -1.73. The summed E-state index contributed by atoms with van der Waals surface area (Å²) in [5, 5.41) is 4.67. The van der Waals surface area contributed by atoms with E-state index in [1.54, 1.807) is 35.3 Å². The first kappa shape index (κ1) is 15.2. The van der Waals surface area contributed by atoms with Crippen LogP contribution in [0.25, 0.3) is 0 Å². The Bertz CT molecular complexity index is 695. The van der Waals surface area contributed by atoms with Crippen LogP contribution in [0, 0.1) is 6.92 Å². The van der Waals surface area contributed by atoms with Crippen LogP contribution in [0.3, 0.4) is 0 Å². The number of nitrogens with zero attached hydrogens (tertiary/aromatic N) is 4. The van der Waals surface area contributed by atoms with E-state index in [2.05, 4.69) is 20.2 Å². The molecule has 1 aliphatic rings. The van der Waals surface area contributed by atoms with Gasteiger partial charge in [-0.05, 0) is 19.8 Å². The summed E-state index contributed by atoms with van der Waals surface area (Å²) < 4.78 is 1.58. The van der Waals surface area contributed by atoms with E-state index in [4.69, 9.17) is 0 Å². The van der Waals surface area contributed by atoms with Gasteiger partial charge in [-0.1, -0.05) is 0 Å². The molecule has 1 N–H and O–H groups in total. The molecule has 3 rings (SSSR count). The molecular formula is C15H21N5OS. The summed E-state index contributed by atoms with van der Waals surface area (Å²) in [5.41, 5.74) is -0.0266. The van der Waals surface area contributed by atoms with E-state index in [1.165, 1.54) is 4.88 Å². The minimum absolute atomic E-state index is 0.0266. The molecule has 0 bridgehead atoms. The van der Waals surface area contributed by atoms with Crippen LogP contribution in [-0.4, -0.2) is 33.7 Å². The Morgan fingerprint density at radius 3 is 3.09 bits per heavy atom. The van der Waals surface area contributed by atoms with Gasteiger partial charge in [0, 0.05) is 56.2 Å². The third-order valence-electron chi connectivity index (χ3n) is 3.95. The second-order valence-electron chi connectivity index (χ2n) is 5.68. The van der Waals surface area contributed by atoms with Crippen LogP contribution in [0.15, 0.2) is 23.4 Å². The van der Waals surface area contributed by atoms with E-state index in [1.807, 2.05) is 13.1 Å². The van der Waals surface area contributed by atoms with Crippen LogP contribution in [0.2, 0.25) is 0 Å². The molecule has 2 aromatic heterocycles. The van der Waals surface area contributed by atoms with Crippen molar-refractivity contribution >= 4 is 17.2 Å². The van der Waals surface area contributed by atoms with Crippen molar-refractivity contribution in [2.45, 2.75) is 32.4 Å². The maximum absolute atomic E-state index is 12.2. The zero-order valence-corrected chi connectivity index (χ0v) is 13.8. The van der Waals surface area contributed by atoms with E-state index in [0.717, 1.165) is 37.5 Å². The van der Waals surface area contributed by atoms with Crippen molar-refractivity contribution in [2.75, 3.05) is 18.0 Å². The molecule has 118 valence electrons. The number of aromatic nitrogens is 3. The molecule has 1 fully saturated rings. The maximum atomic E-state index is 12.2. The molecule has 0 radical (unpaired) electrons. The van der Waals surface area contributed by atoms with Crippen molar-refractivity contribution < 1.29 is 0 Å². The van der Waals surface area contributed by atoms with Gasteiger partial charge >= 0.3 is 0 Å². The predicted molar refractivity (Wildman–Crippen MR) is 88.4 cm³/mol. The van der Waals surface area contributed by atoms with Crippen LogP contribution in [-0.2, 0) is 13.6 Å². The third kappa shape index (κ3) is 3.36. The number of thiazole rings is 1. The molecule has 0 aromatic carbocycles. The van der Waals surface area contributed by atoms with Gasteiger partial charge in [0.1, 0.15) is 0 Å². The molecule has 0 unspecified atom stereocenters. The lowest BCUT2D eigenvalue weighted by Gasteiger charge is -2.33. The molecule has 6 nitrogen and oxygen atoms in total. The van der Waals surface area contributed by atoms with Gasteiger partial charge in [-0.3, -0.25) is 4.79 Å². The van der Waals surface area contributed by atoms with E-state index >= 15 is 0 Å². The molecule has 1 atom stereocenters. The molecule has 0 amide bonds. The first-order valence-corrected chi connectivity index (χ1v) is 8.36. The van der Waals surface area contributed by atoms with E-state index < -0.39 is 0 Å². The van der Waals surface area contributed by atoms with Crippen LogP contribution in [0.1, 0.15) is 22.7 Å². The molecule has 3 heterocycles. The van der Waals surface area contributed by atoms with Crippen molar-refractivity contribution in [3.05, 3.63) is 38.8 Å². The molecular weight excluding hydrogens is 298 g/mol. The van der Waals surface area contributed by atoms with E-state index in [9.17, 15) is 4.79 Å². The van der Waals surface area contributed by atoms with E-state index in [0.29, 0.717) is 11.9 Å². The topological polar surface area (TPSA) is 63.1 Å². The van der Waals surface area contributed by atoms with Gasteiger partial charge in [-0.15, -0.1) is 11.3 Å². The molecule has 1 aliphatic heterocycles. The summed E-state index contributed by atoms with van der Waals surface area (Å²) >= 11 is 1.73. The van der Waals surface area contributed by atoms with Crippen molar-refractivity contribution in [3.8, 4) is 0 Å². The van der Waals surface area contributed by atoms with Gasteiger partial charge in [0.15, 0.2) is 5.82 Å². The second kappa shape index (κ2) is 6.58. The zero-order chi connectivity index (χ0) is 15.5. The number of rotatable bonds is 4. The fourth-order valence-electron chi connectivity index (χ4n) is 2.77. The van der Waals surface area contributed by atoms with Crippen LogP contribution in [0.4, 0.5) is 5.82 Å². The Balaban J connectivity index is 1.64. The van der Waals surface area contributed by atoms with Crippen LogP contribution < -0.4 is 15.8 Å². The fourth-order valence-corrected chi connectivity index (χ4v) is 3.52. The van der Waals surface area contributed by atoms with Crippen molar-refractivity contribution in [3.63, 3.8) is 0 Å². The Labute approximate surface area is 133 Å². The van der Waals surface area contributed by atoms with Crippen LogP contribution >= 0.6 is 11.3 Å². The molecule has 2 aromatic rings. The van der Waals surface area contributed by atoms with Gasteiger partial charge in [0.25, 0.3) is 5.56 Å². The third-order valence-corrected chi connectivity index (χ3v) is 4.87. The number of piperidine rings is 1. The standard InChI is InChI=1S/C15H21N5OS/c1-11-17-8-13(22-11)9-18-12-4-3-6-20(10-12)14-15(21)19(2)7-5-16-14/h5,7-8,12,18H,3-4,6,9-10H2,1-2H3/t12-/m1/s1. The molecule has 0 saturated carbocycles. The van der Waals surface area contributed by atoms with Gasteiger partial charge in [0.05, 0.1) is 5.01 Å². The van der Waals surface area contributed by atoms with E-state index in [-0.39, 0.29) is 5.56 Å². The minimum atomic E-state index is -0.0266. The highest BCUT2D eigenvalue weighted by Crippen LogP contribution is 2.16. The summed E-state index contributed by atoms with van der Waals surface area (Å²) in [7, 11) is 1.76. The minimum Gasteiger partial charge on any atom is -0.350 e. The van der Waals surface area contributed by atoms with Gasteiger partial charge in [0.2, 0.25) is 0 Å². The molecule has 22 heavy (non-hydrogen) atoms. The average Bonchev–Trinajstić information content (AvgIpc) is 2.94. The monoisotopic (exact) mass is 319 g/mol. The first-order valence-electron chi connectivity index (χ1n) is 7.55. The Kier molecular flexibility index (Phi) is 4.54. The summed E-state index contributed by atoms with van der Waals surface area (Å²) in [6, 6.07) is 0.378. The fraction of sp³-hybridized carbons (Fsp3) is 0.533. The number of hydrogen-bond acceptors (Lipinski definition) is 6. The molecule has 1 saturated heterocycles. The van der Waals surface area contributed by atoms with Gasteiger partial charge in [-0.2, -0.15) is 0 Å². The van der Waals surface area contributed by atoms with Crippen molar-refractivity contribution in [1.29, 1.82) is 0 Å². The smallest absolute Gasteiger partial charge is 0.293 e. The summed E-state index contributed by atoms with van der Waals surface area (Å²) in [4.78, 5) is 24.1.